The summed E-state index contributed by atoms with van der Waals surface area (Å²) in [6.45, 7) is -1.89. The highest BCUT2D eigenvalue weighted by molar-refractivity contribution is 7.89. The minimum atomic E-state index is -4.61. The number of carbonyl (C=O) groups excluding carboxylic acids is 1. The third-order valence-electron chi connectivity index (χ3n) is 2.03. The lowest BCUT2D eigenvalue weighted by Crippen LogP contribution is -2.28. The highest BCUT2D eigenvalue weighted by atomic mass is 32.2. The normalized spacial score (nSPS) is 12.0. The molecule has 20 heavy (non-hydrogen) atoms. The third-order valence-corrected chi connectivity index (χ3v) is 2.94. The highest BCUT2D eigenvalue weighted by Crippen LogP contribution is 2.14. The molecule has 1 aromatic carbocycles. The molecule has 10 heteroatoms. The number of hydrogen-bond donors (Lipinski definition) is 2. The number of nitrogens with one attached hydrogen (secondary N) is 1. The van der Waals surface area contributed by atoms with Crippen molar-refractivity contribution in [1.29, 1.82) is 0 Å². The van der Waals surface area contributed by atoms with Gasteiger partial charge in [0.1, 0.15) is 0 Å². The molecule has 0 fully saturated rings. The first kappa shape index (κ1) is 16.2. The van der Waals surface area contributed by atoms with Gasteiger partial charge in [-0.3, -0.25) is 0 Å². The van der Waals surface area contributed by atoms with Crippen molar-refractivity contribution in [3.8, 4) is 0 Å². The average Bonchev–Trinajstić information content (AvgIpc) is 2.32. The first-order valence-corrected chi connectivity index (χ1v) is 6.72. The first-order chi connectivity index (χ1) is 9.08. The fraction of sp³-hybridized carbons (Fsp3) is 0.300. The molecule has 0 radical (unpaired) electrons. The van der Waals surface area contributed by atoms with Crippen molar-refractivity contribution < 1.29 is 31.1 Å². The molecule has 0 bridgehead atoms. The summed E-state index contributed by atoms with van der Waals surface area (Å²) in [5.74, 6) is 0. The molecule has 1 rings (SSSR count). The van der Waals surface area contributed by atoms with Gasteiger partial charge < -0.3 is 10.1 Å². The fourth-order valence-corrected chi connectivity index (χ4v) is 1.79. The maximum Gasteiger partial charge on any atom is 0.422 e. The number of amides is 1. The Morgan fingerprint density at radius 3 is 2.55 bits per heavy atom. The summed E-state index contributed by atoms with van der Waals surface area (Å²) in [6, 6.07) is 5.30. The van der Waals surface area contributed by atoms with Crippen molar-refractivity contribution >= 4 is 16.1 Å². The fourth-order valence-electron chi connectivity index (χ4n) is 1.21. The number of benzene rings is 1. The van der Waals surface area contributed by atoms with Crippen molar-refractivity contribution in [3.63, 3.8) is 0 Å². The first-order valence-electron chi connectivity index (χ1n) is 5.17. The maximum absolute atomic E-state index is 11.8. The van der Waals surface area contributed by atoms with Gasteiger partial charge >= 0.3 is 12.3 Å². The number of sulfonamides is 1. The van der Waals surface area contributed by atoms with Crippen LogP contribution in [0.4, 0.5) is 18.0 Å². The monoisotopic (exact) mass is 312 g/mol. The predicted octanol–water partition coefficient (Wildman–Crippen LogP) is 1.12. The number of primary sulfonamides is 1. The standard InChI is InChI=1S/C10H11F3N2O4S/c11-10(12,13)6-19-9(16)15-5-7-2-1-3-8(4-7)20(14,17)18/h1-4H,5-6H2,(H,15,16)(H2,14,17,18). The number of ether oxygens (including phenoxy) is 1. The molecule has 0 aromatic heterocycles. The van der Waals surface area contributed by atoms with Crippen molar-refractivity contribution in [2.24, 2.45) is 5.14 Å². The number of hydrogen-bond acceptors (Lipinski definition) is 4. The molecule has 0 aliphatic carbocycles. The minimum Gasteiger partial charge on any atom is -0.440 e. The minimum absolute atomic E-state index is 0.166. The van der Waals surface area contributed by atoms with Gasteiger partial charge in [0.15, 0.2) is 6.61 Å². The van der Waals surface area contributed by atoms with Gasteiger partial charge in [-0.15, -0.1) is 0 Å². The van der Waals surface area contributed by atoms with E-state index in [0.29, 0.717) is 5.56 Å². The third kappa shape index (κ3) is 5.89. The average molecular weight is 312 g/mol. The molecule has 0 aliphatic rings. The van der Waals surface area contributed by atoms with Crippen LogP contribution in [0.2, 0.25) is 0 Å². The SMILES string of the molecule is NS(=O)(=O)c1cccc(CNC(=O)OCC(F)(F)F)c1. The molecule has 0 aliphatic heterocycles. The lowest BCUT2D eigenvalue weighted by atomic mass is 10.2. The van der Waals surface area contributed by atoms with Gasteiger partial charge in [-0.05, 0) is 17.7 Å². The van der Waals surface area contributed by atoms with Gasteiger partial charge in [0.05, 0.1) is 4.90 Å². The zero-order chi connectivity index (χ0) is 15.4. The Bertz CT molecular complexity index is 586. The van der Waals surface area contributed by atoms with Gasteiger partial charge in [0.2, 0.25) is 10.0 Å². The molecule has 6 nitrogen and oxygen atoms in total. The summed E-state index contributed by atoms with van der Waals surface area (Å²) in [6.07, 6.45) is -5.87. The molecule has 0 spiro atoms. The Morgan fingerprint density at radius 1 is 1.35 bits per heavy atom. The largest absolute Gasteiger partial charge is 0.440 e. The van der Waals surface area contributed by atoms with E-state index in [9.17, 15) is 26.4 Å². The molecule has 0 atom stereocenters. The summed E-state index contributed by atoms with van der Waals surface area (Å²) in [5, 5.41) is 6.97. The maximum atomic E-state index is 11.8. The van der Waals surface area contributed by atoms with Gasteiger partial charge in [-0.2, -0.15) is 13.2 Å². The zero-order valence-corrected chi connectivity index (χ0v) is 10.8. The predicted molar refractivity (Wildman–Crippen MR) is 62.1 cm³/mol. The van der Waals surface area contributed by atoms with Gasteiger partial charge in [-0.25, -0.2) is 18.4 Å². The van der Waals surface area contributed by atoms with Gasteiger partial charge in [0, 0.05) is 6.54 Å². The molecule has 0 unspecified atom stereocenters. The van der Waals surface area contributed by atoms with Crippen LogP contribution in [0.25, 0.3) is 0 Å². The Balaban J connectivity index is 2.56. The van der Waals surface area contributed by atoms with Crippen LogP contribution in [-0.4, -0.2) is 27.3 Å². The summed E-state index contributed by atoms with van der Waals surface area (Å²) in [7, 11) is -3.89. The van der Waals surface area contributed by atoms with Crippen LogP contribution in [-0.2, 0) is 21.3 Å². The second-order valence-corrected chi connectivity index (χ2v) is 5.30. The Labute approximate surface area is 112 Å². The molecular weight excluding hydrogens is 301 g/mol. The van der Waals surface area contributed by atoms with Crippen LogP contribution in [0.15, 0.2) is 29.2 Å². The quantitative estimate of drug-likeness (QED) is 0.870. The molecule has 0 saturated carbocycles. The van der Waals surface area contributed by atoms with Gasteiger partial charge in [-0.1, -0.05) is 12.1 Å². The van der Waals surface area contributed by atoms with Crippen LogP contribution in [0, 0.1) is 0 Å². The molecule has 0 saturated heterocycles. The lowest BCUT2D eigenvalue weighted by molar-refractivity contribution is -0.160. The summed E-state index contributed by atoms with van der Waals surface area (Å²) in [5.41, 5.74) is 0.348. The topological polar surface area (TPSA) is 98.5 Å². The summed E-state index contributed by atoms with van der Waals surface area (Å²) < 4.78 is 61.4. The van der Waals surface area contributed by atoms with E-state index in [0.717, 1.165) is 0 Å². The number of alkyl halides is 3. The number of alkyl carbamates (subject to hydrolysis) is 1. The lowest BCUT2D eigenvalue weighted by Gasteiger charge is -2.09. The Hall–Kier alpha value is -1.81. The van der Waals surface area contributed by atoms with E-state index in [-0.39, 0.29) is 11.4 Å². The molecule has 0 heterocycles. The van der Waals surface area contributed by atoms with Crippen molar-refractivity contribution in [3.05, 3.63) is 29.8 Å². The van der Waals surface area contributed by atoms with Crippen molar-refractivity contribution in [2.75, 3.05) is 6.61 Å². The van der Waals surface area contributed by atoms with Crippen LogP contribution < -0.4 is 10.5 Å². The van der Waals surface area contributed by atoms with E-state index >= 15 is 0 Å². The van der Waals surface area contributed by atoms with Crippen LogP contribution >= 0.6 is 0 Å². The van der Waals surface area contributed by atoms with E-state index in [1.165, 1.54) is 24.3 Å². The highest BCUT2D eigenvalue weighted by Gasteiger charge is 2.29. The van der Waals surface area contributed by atoms with Crippen molar-refractivity contribution in [1.82, 2.24) is 5.32 Å². The number of halogens is 3. The molecular formula is C10H11F3N2O4S. The van der Waals surface area contributed by atoms with E-state index in [1.54, 1.807) is 0 Å². The second-order valence-electron chi connectivity index (χ2n) is 3.74. The smallest absolute Gasteiger partial charge is 0.422 e. The summed E-state index contributed by atoms with van der Waals surface area (Å²) >= 11 is 0. The van der Waals surface area contributed by atoms with Crippen LogP contribution in [0.1, 0.15) is 5.56 Å². The van der Waals surface area contributed by atoms with E-state index < -0.39 is 28.9 Å². The van der Waals surface area contributed by atoms with E-state index in [2.05, 4.69) is 10.1 Å². The number of nitrogens with two attached hydrogens (primary N) is 1. The molecule has 112 valence electrons. The summed E-state index contributed by atoms with van der Waals surface area (Å²) in [4.78, 5) is 10.8. The Morgan fingerprint density at radius 2 is 2.00 bits per heavy atom. The Kier molecular flexibility index (Phi) is 4.95. The molecule has 1 amide bonds. The number of rotatable bonds is 4. The van der Waals surface area contributed by atoms with Gasteiger partial charge in [0.25, 0.3) is 0 Å². The molecule has 3 N–H and O–H groups in total. The number of carbonyl (C=O) groups is 1. The van der Waals surface area contributed by atoms with Crippen LogP contribution in [0.5, 0.6) is 0 Å². The zero-order valence-electron chi connectivity index (χ0n) is 9.98. The van der Waals surface area contributed by atoms with E-state index in [1.807, 2.05) is 0 Å². The van der Waals surface area contributed by atoms with E-state index in [4.69, 9.17) is 5.14 Å². The second kappa shape index (κ2) is 6.09. The van der Waals surface area contributed by atoms with Crippen molar-refractivity contribution in [2.45, 2.75) is 17.6 Å². The van der Waals surface area contributed by atoms with Crippen LogP contribution in [0.3, 0.4) is 0 Å². The molecule has 1 aromatic rings.